The molecule has 0 unspecified atom stereocenters. The Hall–Kier alpha value is -2.15. The van der Waals surface area contributed by atoms with Crippen molar-refractivity contribution in [2.24, 2.45) is 11.8 Å². The van der Waals surface area contributed by atoms with Crippen LogP contribution in [0.5, 0.6) is 0 Å². The van der Waals surface area contributed by atoms with Crippen molar-refractivity contribution < 1.29 is 23.8 Å². The third-order valence-corrected chi connectivity index (χ3v) is 7.98. The number of carbonyl (C=O) groups excluding carboxylic acids is 1. The minimum absolute atomic E-state index is 0.0465. The highest BCUT2D eigenvalue weighted by Gasteiger charge is 2.51. The van der Waals surface area contributed by atoms with E-state index in [-0.39, 0.29) is 36.4 Å². The van der Waals surface area contributed by atoms with Gasteiger partial charge in [-0.25, -0.2) is 4.98 Å². The second-order valence-electron chi connectivity index (χ2n) is 10.4. The predicted octanol–water partition coefficient (Wildman–Crippen LogP) is 5.57. The number of fused-ring (bicyclic) bond motifs is 2. The number of allylic oxidation sites excluding steroid dienone is 2. The van der Waals surface area contributed by atoms with Gasteiger partial charge in [0.15, 0.2) is 5.69 Å². The molecule has 0 radical (unpaired) electrons. The predicted molar refractivity (Wildman–Crippen MR) is 129 cm³/mol. The Morgan fingerprint density at radius 1 is 1.12 bits per heavy atom. The Morgan fingerprint density at radius 3 is 2.71 bits per heavy atom. The first-order chi connectivity index (χ1) is 16.5. The molecule has 2 aliphatic heterocycles. The smallest absolute Gasteiger partial charge is 0.303 e. The topological polar surface area (TPSA) is 92.9 Å². The van der Waals surface area contributed by atoms with Crippen molar-refractivity contribution >= 4 is 11.9 Å². The Balaban J connectivity index is 1.27. The van der Waals surface area contributed by atoms with Gasteiger partial charge in [0.25, 0.3) is 5.91 Å². The molecule has 7 heteroatoms. The number of aliphatic carboxylic acids is 1. The van der Waals surface area contributed by atoms with Crippen molar-refractivity contribution in [3.63, 3.8) is 0 Å². The number of carbonyl (C=O) groups is 2. The van der Waals surface area contributed by atoms with Crippen molar-refractivity contribution in [2.75, 3.05) is 13.6 Å². The van der Waals surface area contributed by atoms with Gasteiger partial charge in [-0.2, -0.15) is 0 Å². The number of ether oxygens (including phenoxy) is 1. The molecule has 188 valence electrons. The van der Waals surface area contributed by atoms with Crippen LogP contribution in [0.25, 0.3) is 0 Å². The molecule has 7 nitrogen and oxygen atoms in total. The summed E-state index contributed by atoms with van der Waals surface area (Å²) >= 11 is 0. The summed E-state index contributed by atoms with van der Waals surface area (Å²) in [5.74, 6) is 0.921. The summed E-state index contributed by atoms with van der Waals surface area (Å²) in [6, 6.07) is 0. The van der Waals surface area contributed by atoms with Gasteiger partial charge in [0, 0.05) is 25.9 Å². The van der Waals surface area contributed by atoms with Crippen LogP contribution in [0.3, 0.4) is 0 Å². The van der Waals surface area contributed by atoms with Crippen LogP contribution in [0.2, 0.25) is 0 Å². The Labute approximate surface area is 202 Å². The maximum Gasteiger partial charge on any atom is 0.303 e. The molecule has 2 saturated heterocycles. The van der Waals surface area contributed by atoms with E-state index < -0.39 is 5.97 Å². The third kappa shape index (κ3) is 6.29. The van der Waals surface area contributed by atoms with Gasteiger partial charge in [-0.05, 0) is 38.0 Å². The molecule has 1 amide bonds. The number of nitrogens with zero attached hydrogens (tertiary/aromatic N) is 2. The molecule has 1 aromatic rings. The number of hydrogen-bond donors (Lipinski definition) is 1. The lowest BCUT2D eigenvalue weighted by atomic mass is 9.77. The van der Waals surface area contributed by atoms with Crippen molar-refractivity contribution in [3.05, 3.63) is 30.0 Å². The molecule has 1 saturated carbocycles. The minimum Gasteiger partial charge on any atom is -0.481 e. The lowest BCUT2D eigenvalue weighted by Gasteiger charge is -2.24. The zero-order valence-electron chi connectivity index (χ0n) is 20.5. The minimum atomic E-state index is -0.781. The van der Waals surface area contributed by atoms with E-state index in [9.17, 15) is 9.59 Å². The number of oxazole rings is 1. The fourth-order valence-electron chi connectivity index (χ4n) is 6.09. The Bertz CT molecular complexity index is 844. The highest BCUT2D eigenvalue weighted by atomic mass is 16.5. The van der Waals surface area contributed by atoms with Crippen molar-refractivity contribution in [3.8, 4) is 0 Å². The van der Waals surface area contributed by atoms with Gasteiger partial charge in [-0.1, -0.05) is 57.1 Å². The molecule has 4 atom stereocenters. The molecule has 1 aromatic heterocycles. The number of amides is 1. The van der Waals surface area contributed by atoms with E-state index >= 15 is 0 Å². The molecule has 3 fully saturated rings. The maximum atomic E-state index is 12.9. The SMILES string of the molecule is CN(CCCCC1CCCCC1)C(=O)c1coc([C@H]2[C@@H](CC=CCCC(=O)O)[C@@H]3CC[C@H]2O3)n1. The molecule has 1 aliphatic carbocycles. The standard InChI is InChI=1S/C27H40N2O5/c1-29(17-9-8-12-19-10-4-2-5-11-19)27(32)21-18-33-26(28-21)25-20(22-15-16-23(25)34-22)13-6-3-7-14-24(30)31/h3,6,18-20,22-23,25H,2,4-5,7-17H2,1H3,(H,30,31)/t20-,22-,23+,25-/m0/s1. The summed E-state index contributed by atoms with van der Waals surface area (Å²) in [7, 11) is 1.85. The second-order valence-corrected chi connectivity index (χ2v) is 10.4. The molecule has 2 bridgehead atoms. The zero-order chi connectivity index (χ0) is 23.9. The third-order valence-electron chi connectivity index (χ3n) is 7.98. The summed E-state index contributed by atoms with van der Waals surface area (Å²) < 4.78 is 12.0. The lowest BCUT2D eigenvalue weighted by molar-refractivity contribution is -0.136. The van der Waals surface area contributed by atoms with Gasteiger partial charge in [-0.3, -0.25) is 9.59 Å². The highest BCUT2D eigenvalue weighted by molar-refractivity contribution is 5.91. The van der Waals surface area contributed by atoms with Gasteiger partial charge >= 0.3 is 5.97 Å². The monoisotopic (exact) mass is 472 g/mol. The van der Waals surface area contributed by atoms with Crippen LogP contribution in [-0.4, -0.2) is 52.7 Å². The zero-order valence-corrected chi connectivity index (χ0v) is 20.5. The Kier molecular flexibility index (Phi) is 8.81. The summed E-state index contributed by atoms with van der Waals surface area (Å²) in [6.07, 6.45) is 19.7. The number of aromatic nitrogens is 1. The van der Waals surface area contributed by atoms with Gasteiger partial charge in [0.05, 0.1) is 18.1 Å². The average molecular weight is 473 g/mol. The Morgan fingerprint density at radius 2 is 1.91 bits per heavy atom. The van der Waals surface area contributed by atoms with E-state index in [0.717, 1.165) is 38.1 Å². The number of rotatable bonds is 12. The van der Waals surface area contributed by atoms with E-state index in [1.807, 2.05) is 13.1 Å². The number of carboxylic acids is 1. The van der Waals surface area contributed by atoms with Gasteiger partial charge in [0.2, 0.25) is 5.89 Å². The fourth-order valence-corrected chi connectivity index (χ4v) is 6.09. The van der Waals surface area contributed by atoms with Crippen molar-refractivity contribution in [1.29, 1.82) is 0 Å². The van der Waals surface area contributed by atoms with Crippen LogP contribution in [0.4, 0.5) is 0 Å². The van der Waals surface area contributed by atoms with Crippen LogP contribution < -0.4 is 0 Å². The molecule has 4 rings (SSSR count). The van der Waals surface area contributed by atoms with E-state index in [0.29, 0.717) is 18.0 Å². The van der Waals surface area contributed by atoms with E-state index in [2.05, 4.69) is 11.1 Å². The summed E-state index contributed by atoms with van der Waals surface area (Å²) in [4.78, 5) is 30.0. The normalized spacial score (nSPS) is 27.0. The van der Waals surface area contributed by atoms with Crippen LogP contribution in [0.1, 0.15) is 106 Å². The van der Waals surface area contributed by atoms with Gasteiger partial charge in [-0.15, -0.1) is 0 Å². The molecule has 3 heterocycles. The summed E-state index contributed by atoms with van der Waals surface area (Å²) in [6.45, 7) is 0.745. The summed E-state index contributed by atoms with van der Waals surface area (Å²) in [5.41, 5.74) is 0.378. The fraction of sp³-hybridized carbons (Fsp3) is 0.741. The first-order valence-corrected chi connectivity index (χ1v) is 13.3. The molecular weight excluding hydrogens is 432 g/mol. The molecule has 0 spiro atoms. The van der Waals surface area contributed by atoms with Crippen LogP contribution in [0.15, 0.2) is 22.8 Å². The molecular formula is C27H40N2O5. The van der Waals surface area contributed by atoms with Crippen molar-refractivity contribution in [2.45, 2.75) is 102 Å². The molecule has 0 aromatic carbocycles. The van der Waals surface area contributed by atoms with Crippen molar-refractivity contribution in [1.82, 2.24) is 9.88 Å². The second kappa shape index (κ2) is 12.0. The van der Waals surface area contributed by atoms with Gasteiger partial charge < -0.3 is 19.2 Å². The maximum absolute atomic E-state index is 12.9. The van der Waals surface area contributed by atoms with Crippen LogP contribution in [-0.2, 0) is 9.53 Å². The number of carboxylic acid groups (broad SMARTS) is 1. The van der Waals surface area contributed by atoms with E-state index in [1.54, 1.807) is 4.90 Å². The molecule has 3 aliphatic rings. The van der Waals surface area contributed by atoms with Crippen LogP contribution in [0, 0.1) is 11.8 Å². The molecule has 1 N–H and O–H groups in total. The van der Waals surface area contributed by atoms with Crippen LogP contribution >= 0.6 is 0 Å². The first-order valence-electron chi connectivity index (χ1n) is 13.3. The highest BCUT2D eigenvalue weighted by Crippen LogP contribution is 2.50. The summed E-state index contributed by atoms with van der Waals surface area (Å²) in [5, 5.41) is 8.80. The lowest BCUT2D eigenvalue weighted by Crippen LogP contribution is -2.28. The average Bonchev–Trinajstić information content (AvgIpc) is 3.58. The van der Waals surface area contributed by atoms with E-state index in [4.69, 9.17) is 14.3 Å². The molecule has 34 heavy (non-hydrogen) atoms. The van der Waals surface area contributed by atoms with E-state index in [1.165, 1.54) is 51.2 Å². The van der Waals surface area contributed by atoms with Gasteiger partial charge in [0.1, 0.15) is 6.26 Å². The number of hydrogen-bond acceptors (Lipinski definition) is 5. The first kappa shape index (κ1) is 25.0. The quantitative estimate of drug-likeness (QED) is 0.316. The largest absolute Gasteiger partial charge is 0.481 e. The number of unbranched alkanes of at least 4 members (excludes halogenated alkanes) is 1.